The van der Waals surface area contributed by atoms with Crippen molar-refractivity contribution in [2.45, 2.75) is 37.3 Å². The van der Waals surface area contributed by atoms with Crippen LogP contribution in [0.5, 0.6) is 0 Å². The van der Waals surface area contributed by atoms with Crippen LogP contribution in [0.15, 0.2) is 42.6 Å². The summed E-state index contributed by atoms with van der Waals surface area (Å²) in [6, 6.07) is 10.5. The zero-order chi connectivity index (χ0) is 17.4. The fourth-order valence-corrected chi connectivity index (χ4v) is 4.11. The summed E-state index contributed by atoms with van der Waals surface area (Å²) in [5.74, 6) is -0.0340. The maximum absolute atomic E-state index is 13.1. The van der Waals surface area contributed by atoms with Gasteiger partial charge < -0.3 is 4.90 Å². The molecule has 2 aliphatic heterocycles. The summed E-state index contributed by atoms with van der Waals surface area (Å²) >= 11 is 0. The Morgan fingerprint density at radius 1 is 1.19 bits per heavy atom. The number of aromatic nitrogens is 1. The smallest absolute Gasteiger partial charge is 0.242 e. The molecule has 4 rings (SSSR count). The van der Waals surface area contributed by atoms with Crippen molar-refractivity contribution in [2.24, 2.45) is 0 Å². The Balaban J connectivity index is 0.00000196. The summed E-state index contributed by atoms with van der Waals surface area (Å²) in [5, 5.41) is 3.58. The van der Waals surface area contributed by atoms with E-state index in [0.717, 1.165) is 49.0 Å². The van der Waals surface area contributed by atoms with Crippen molar-refractivity contribution in [3.63, 3.8) is 0 Å². The van der Waals surface area contributed by atoms with Crippen LogP contribution in [0.25, 0.3) is 11.1 Å². The van der Waals surface area contributed by atoms with E-state index in [2.05, 4.69) is 10.3 Å². The highest BCUT2D eigenvalue weighted by Gasteiger charge is 2.48. The molecule has 1 spiro atoms. The summed E-state index contributed by atoms with van der Waals surface area (Å²) in [5.41, 5.74) is 2.50. The van der Waals surface area contributed by atoms with E-state index in [4.69, 9.17) is 0 Å². The molecule has 138 valence electrons. The van der Waals surface area contributed by atoms with Crippen molar-refractivity contribution in [3.8, 4) is 11.1 Å². The number of nitrogens with one attached hydrogen (secondary N) is 1. The molecule has 2 saturated heterocycles. The van der Waals surface area contributed by atoms with Crippen LogP contribution >= 0.6 is 12.4 Å². The van der Waals surface area contributed by atoms with Gasteiger partial charge in [-0.1, -0.05) is 12.1 Å². The largest absolute Gasteiger partial charge is 0.344 e. The van der Waals surface area contributed by atoms with Gasteiger partial charge in [-0.25, -0.2) is 4.39 Å². The highest BCUT2D eigenvalue weighted by molar-refractivity contribution is 5.87. The van der Waals surface area contributed by atoms with Gasteiger partial charge in [0.2, 0.25) is 5.91 Å². The van der Waals surface area contributed by atoms with Gasteiger partial charge in [0.15, 0.2) is 0 Å². The molecule has 1 N–H and O–H groups in total. The average Bonchev–Trinajstić information content (AvgIpc) is 3.06. The van der Waals surface area contributed by atoms with Crippen molar-refractivity contribution >= 4 is 18.3 Å². The predicted octanol–water partition coefficient (Wildman–Crippen LogP) is 3.73. The van der Waals surface area contributed by atoms with Crippen molar-refractivity contribution in [1.29, 1.82) is 0 Å². The first-order valence-electron chi connectivity index (χ1n) is 8.83. The molecular weight excluding hydrogens is 353 g/mol. The van der Waals surface area contributed by atoms with Crippen LogP contribution in [0, 0.1) is 5.82 Å². The number of hydrogen-bond acceptors (Lipinski definition) is 3. The molecule has 1 amide bonds. The summed E-state index contributed by atoms with van der Waals surface area (Å²) < 4.78 is 13.1. The molecule has 4 nitrogen and oxygen atoms in total. The van der Waals surface area contributed by atoms with Gasteiger partial charge in [-0.2, -0.15) is 0 Å². The number of rotatable bonds is 2. The minimum absolute atomic E-state index is 0. The molecule has 2 aromatic rings. The number of carbonyl (C=O) groups is 1. The first-order valence-corrected chi connectivity index (χ1v) is 8.83. The van der Waals surface area contributed by atoms with E-state index in [1.165, 1.54) is 12.1 Å². The Bertz CT molecular complexity index is 798. The highest BCUT2D eigenvalue weighted by atomic mass is 35.5. The number of benzene rings is 1. The van der Waals surface area contributed by atoms with Crippen LogP contribution in [-0.4, -0.2) is 34.9 Å². The van der Waals surface area contributed by atoms with Crippen molar-refractivity contribution < 1.29 is 9.18 Å². The summed E-state index contributed by atoms with van der Waals surface area (Å²) in [7, 11) is 1.88. The number of pyridine rings is 1. The zero-order valence-corrected chi connectivity index (χ0v) is 15.6. The Kier molecular flexibility index (Phi) is 5.30. The van der Waals surface area contributed by atoms with E-state index in [1.807, 2.05) is 24.1 Å². The van der Waals surface area contributed by atoms with E-state index >= 15 is 0 Å². The lowest BCUT2D eigenvalue weighted by Crippen LogP contribution is -2.57. The Morgan fingerprint density at radius 2 is 1.96 bits per heavy atom. The maximum atomic E-state index is 13.1. The Hall–Kier alpha value is -1.98. The van der Waals surface area contributed by atoms with E-state index in [9.17, 15) is 9.18 Å². The molecule has 26 heavy (non-hydrogen) atoms. The second-order valence-corrected chi connectivity index (χ2v) is 7.12. The zero-order valence-electron chi connectivity index (χ0n) is 14.7. The SMILES string of the molecule is CN1CCC[C@@]2(CC[C@@H](c3cc(-c4ccc(F)cc4)ccn3)N2)C1=O.Cl. The first kappa shape index (κ1) is 18.8. The number of amides is 1. The van der Waals surface area contributed by atoms with Gasteiger partial charge >= 0.3 is 0 Å². The quantitative estimate of drug-likeness (QED) is 0.870. The fraction of sp³-hybridized carbons (Fsp3) is 0.400. The fourth-order valence-electron chi connectivity index (χ4n) is 4.11. The molecule has 2 atom stereocenters. The van der Waals surface area contributed by atoms with Gasteiger partial charge in [-0.3, -0.25) is 15.1 Å². The minimum atomic E-state index is -0.425. The molecular formula is C20H23ClFN3O. The highest BCUT2D eigenvalue weighted by Crippen LogP contribution is 2.38. The molecule has 0 aliphatic carbocycles. The summed E-state index contributed by atoms with van der Waals surface area (Å²) in [4.78, 5) is 19.0. The van der Waals surface area contributed by atoms with Crippen molar-refractivity contribution in [3.05, 3.63) is 54.1 Å². The third-order valence-corrected chi connectivity index (χ3v) is 5.48. The molecule has 1 aromatic carbocycles. The van der Waals surface area contributed by atoms with Crippen LogP contribution < -0.4 is 5.32 Å². The van der Waals surface area contributed by atoms with Crippen molar-refractivity contribution in [2.75, 3.05) is 13.6 Å². The van der Waals surface area contributed by atoms with E-state index in [-0.39, 0.29) is 30.2 Å². The van der Waals surface area contributed by atoms with E-state index in [1.54, 1.807) is 18.3 Å². The van der Waals surface area contributed by atoms with Gasteiger partial charge in [-0.05, 0) is 61.1 Å². The van der Waals surface area contributed by atoms with Gasteiger partial charge in [-0.15, -0.1) is 12.4 Å². The minimum Gasteiger partial charge on any atom is -0.344 e. The molecule has 0 radical (unpaired) electrons. The molecule has 0 bridgehead atoms. The average molecular weight is 376 g/mol. The molecule has 2 fully saturated rings. The number of likely N-dealkylation sites (N-methyl/N-ethyl adjacent to an activating group) is 1. The number of nitrogens with zero attached hydrogens (tertiary/aromatic N) is 2. The van der Waals surface area contributed by atoms with E-state index in [0.29, 0.717) is 0 Å². The van der Waals surface area contributed by atoms with Gasteiger partial charge in [0.1, 0.15) is 5.82 Å². The van der Waals surface area contributed by atoms with Crippen LogP contribution in [-0.2, 0) is 4.79 Å². The topological polar surface area (TPSA) is 45.2 Å². The van der Waals surface area contributed by atoms with Crippen LogP contribution in [0.1, 0.15) is 37.4 Å². The third-order valence-electron chi connectivity index (χ3n) is 5.48. The monoisotopic (exact) mass is 375 g/mol. The Labute approximate surface area is 159 Å². The summed E-state index contributed by atoms with van der Waals surface area (Å²) in [6.07, 6.45) is 5.47. The molecule has 0 saturated carbocycles. The lowest BCUT2D eigenvalue weighted by atomic mass is 9.87. The number of halogens is 2. The molecule has 3 heterocycles. The van der Waals surface area contributed by atoms with Gasteiger partial charge in [0.25, 0.3) is 0 Å². The Morgan fingerprint density at radius 3 is 2.73 bits per heavy atom. The second kappa shape index (κ2) is 7.33. The number of piperidine rings is 1. The molecule has 1 aromatic heterocycles. The normalized spacial score (nSPS) is 25.4. The number of carbonyl (C=O) groups excluding carboxylic acids is 1. The molecule has 2 aliphatic rings. The third kappa shape index (κ3) is 3.33. The molecule has 6 heteroatoms. The van der Waals surface area contributed by atoms with Crippen LogP contribution in [0.4, 0.5) is 4.39 Å². The molecule has 0 unspecified atom stereocenters. The lowest BCUT2D eigenvalue weighted by Gasteiger charge is -2.38. The first-order chi connectivity index (χ1) is 12.1. The predicted molar refractivity (Wildman–Crippen MR) is 102 cm³/mol. The number of hydrogen-bond donors (Lipinski definition) is 1. The van der Waals surface area contributed by atoms with Gasteiger partial charge in [0, 0.05) is 19.8 Å². The van der Waals surface area contributed by atoms with Crippen LogP contribution in [0.2, 0.25) is 0 Å². The lowest BCUT2D eigenvalue weighted by molar-refractivity contribution is -0.139. The maximum Gasteiger partial charge on any atom is 0.242 e. The van der Waals surface area contributed by atoms with E-state index < -0.39 is 5.54 Å². The second-order valence-electron chi connectivity index (χ2n) is 7.12. The van der Waals surface area contributed by atoms with Gasteiger partial charge in [0.05, 0.1) is 17.3 Å². The standard InChI is InChI=1S/C20H22FN3O.ClH/c1-24-12-2-9-20(19(24)25)10-7-17(23-20)18-13-15(8-11-22-18)14-3-5-16(21)6-4-14;/h3-6,8,11,13,17,23H,2,7,9-10,12H2,1H3;1H/t17-,20+;/m0./s1. The van der Waals surface area contributed by atoms with Crippen LogP contribution in [0.3, 0.4) is 0 Å². The summed E-state index contributed by atoms with van der Waals surface area (Å²) in [6.45, 7) is 0.839. The van der Waals surface area contributed by atoms with Crippen molar-refractivity contribution in [1.82, 2.24) is 15.2 Å². The number of likely N-dealkylation sites (tertiary alicyclic amines) is 1.